The second-order valence-corrected chi connectivity index (χ2v) is 4.52. The lowest BCUT2D eigenvalue weighted by atomic mass is 10.1. The number of aldehydes is 1. The number of carbonyl (C=O) groups is 2. The first-order valence-corrected chi connectivity index (χ1v) is 6.10. The van der Waals surface area contributed by atoms with Crippen LogP contribution in [0.2, 0.25) is 0 Å². The zero-order valence-electron chi connectivity index (χ0n) is 10.5. The van der Waals surface area contributed by atoms with Crippen molar-refractivity contribution in [3.63, 3.8) is 0 Å². The topological polar surface area (TPSA) is 49.4 Å². The summed E-state index contributed by atoms with van der Waals surface area (Å²) < 4.78 is 39.2. The van der Waals surface area contributed by atoms with Gasteiger partial charge in [0.25, 0.3) is 0 Å². The molecule has 1 aromatic rings. The first-order chi connectivity index (χ1) is 9.41. The molecule has 0 atom stereocenters. The van der Waals surface area contributed by atoms with Crippen LogP contribution in [-0.2, 0) is 11.0 Å². The summed E-state index contributed by atoms with van der Waals surface area (Å²) in [7, 11) is 0. The van der Waals surface area contributed by atoms with Crippen LogP contribution in [0.25, 0.3) is 0 Å². The van der Waals surface area contributed by atoms with Crippen LogP contribution >= 0.6 is 0 Å². The van der Waals surface area contributed by atoms with E-state index in [-0.39, 0.29) is 23.7 Å². The van der Waals surface area contributed by atoms with Gasteiger partial charge in [-0.25, -0.2) is 0 Å². The molecule has 1 N–H and O–H groups in total. The Hall–Kier alpha value is -2.05. The highest BCUT2D eigenvalue weighted by molar-refractivity contribution is 5.83. The second kappa shape index (κ2) is 5.52. The summed E-state index contributed by atoms with van der Waals surface area (Å²) in [6, 6.07) is 3.37. The average Bonchev–Trinajstić information content (AvgIpc) is 2.61. The molecule has 4 nitrogen and oxygen atoms in total. The lowest BCUT2D eigenvalue weighted by Gasteiger charge is -2.25. The highest BCUT2D eigenvalue weighted by atomic mass is 19.4. The van der Waals surface area contributed by atoms with Crippen LogP contribution in [-0.4, -0.2) is 31.8 Å². The normalized spacial score (nSPS) is 16.6. The number of halogens is 3. The van der Waals surface area contributed by atoms with E-state index in [2.05, 4.69) is 5.32 Å². The van der Waals surface area contributed by atoms with E-state index < -0.39 is 11.7 Å². The average molecular weight is 286 g/mol. The Balaban J connectivity index is 2.44. The Morgan fingerprint density at radius 1 is 1.30 bits per heavy atom. The maximum atomic E-state index is 13.1. The molecule has 1 aromatic carbocycles. The van der Waals surface area contributed by atoms with E-state index in [1.165, 1.54) is 17.0 Å². The van der Waals surface area contributed by atoms with E-state index in [0.717, 1.165) is 6.07 Å². The van der Waals surface area contributed by atoms with Gasteiger partial charge in [0.2, 0.25) is 5.91 Å². The molecule has 0 bridgehead atoms. The summed E-state index contributed by atoms with van der Waals surface area (Å²) in [6.07, 6.45) is -3.64. The van der Waals surface area contributed by atoms with Gasteiger partial charge < -0.3 is 10.2 Å². The number of hydrogen-bond acceptors (Lipinski definition) is 3. The van der Waals surface area contributed by atoms with E-state index >= 15 is 0 Å². The minimum atomic E-state index is -4.57. The molecule has 1 saturated heterocycles. The molecule has 1 fully saturated rings. The quantitative estimate of drug-likeness (QED) is 0.844. The fourth-order valence-corrected chi connectivity index (χ4v) is 2.14. The first kappa shape index (κ1) is 14.4. The first-order valence-electron chi connectivity index (χ1n) is 6.10. The van der Waals surface area contributed by atoms with E-state index in [1.54, 1.807) is 0 Å². The number of nitrogens with zero attached hydrogens (tertiary/aromatic N) is 1. The maximum Gasteiger partial charge on any atom is 0.418 e. The van der Waals surface area contributed by atoms with Gasteiger partial charge in [-0.05, 0) is 24.6 Å². The zero-order valence-corrected chi connectivity index (χ0v) is 10.5. The van der Waals surface area contributed by atoms with Crippen molar-refractivity contribution in [3.8, 4) is 0 Å². The number of benzene rings is 1. The second-order valence-electron chi connectivity index (χ2n) is 4.52. The molecule has 108 valence electrons. The van der Waals surface area contributed by atoms with Gasteiger partial charge >= 0.3 is 6.18 Å². The smallest absolute Gasteiger partial charge is 0.362 e. The summed E-state index contributed by atoms with van der Waals surface area (Å²) in [5.74, 6) is -0.310. The van der Waals surface area contributed by atoms with Crippen molar-refractivity contribution < 1.29 is 22.8 Å². The minimum Gasteiger partial charge on any atom is -0.362 e. The third-order valence-corrected chi connectivity index (χ3v) is 3.06. The van der Waals surface area contributed by atoms with E-state index in [0.29, 0.717) is 25.8 Å². The van der Waals surface area contributed by atoms with Crippen LogP contribution in [0, 0.1) is 0 Å². The molecule has 2 rings (SSSR count). The summed E-state index contributed by atoms with van der Waals surface area (Å²) in [5, 5.41) is 2.61. The zero-order chi connectivity index (χ0) is 14.8. The Labute approximate surface area is 113 Å². The molecule has 0 aromatic heterocycles. The van der Waals surface area contributed by atoms with Crippen molar-refractivity contribution in [1.82, 2.24) is 5.32 Å². The number of hydrogen-bond donors (Lipinski definition) is 1. The molecule has 20 heavy (non-hydrogen) atoms. The number of anilines is 1. The Morgan fingerprint density at radius 2 is 2.05 bits per heavy atom. The molecule has 0 saturated carbocycles. The van der Waals surface area contributed by atoms with Gasteiger partial charge in [-0.3, -0.25) is 9.59 Å². The van der Waals surface area contributed by atoms with Gasteiger partial charge in [-0.15, -0.1) is 0 Å². The highest BCUT2D eigenvalue weighted by Crippen LogP contribution is 2.37. The Morgan fingerprint density at radius 3 is 2.70 bits per heavy atom. The molecule has 1 aliphatic rings. The number of rotatable bonds is 2. The van der Waals surface area contributed by atoms with E-state index in [4.69, 9.17) is 0 Å². The lowest BCUT2D eigenvalue weighted by Crippen LogP contribution is -2.34. The summed E-state index contributed by atoms with van der Waals surface area (Å²) in [5.41, 5.74) is -1.00. The molecule has 7 heteroatoms. The van der Waals surface area contributed by atoms with Crippen molar-refractivity contribution in [3.05, 3.63) is 29.3 Å². The minimum absolute atomic E-state index is 0.0413. The molecule has 1 amide bonds. The fourth-order valence-electron chi connectivity index (χ4n) is 2.14. The van der Waals surface area contributed by atoms with Gasteiger partial charge in [0.1, 0.15) is 6.29 Å². The van der Waals surface area contributed by atoms with Crippen LogP contribution < -0.4 is 10.2 Å². The molecule has 0 radical (unpaired) electrons. The monoisotopic (exact) mass is 286 g/mol. The number of carbonyl (C=O) groups excluding carboxylic acids is 2. The van der Waals surface area contributed by atoms with Crippen molar-refractivity contribution in [2.45, 2.75) is 12.6 Å². The van der Waals surface area contributed by atoms with Crippen molar-refractivity contribution in [1.29, 1.82) is 0 Å². The van der Waals surface area contributed by atoms with E-state index in [1.807, 2.05) is 0 Å². The summed E-state index contributed by atoms with van der Waals surface area (Å²) in [6.45, 7) is 0.675. The summed E-state index contributed by atoms with van der Waals surface area (Å²) in [4.78, 5) is 23.5. The third-order valence-electron chi connectivity index (χ3n) is 3.06. The number of alkyl halides is 3. The van der Waals surface area contributed by atoms with Crippen molar-refractivity contribution in [2.24, 2.45) is 0 Å². The maximum absolute atomic E-state index is 13.1. The largest absolute Gasteiger partial charge is 0.418 e. The van der Waals surface area contributed by atoms with Crippen molar-refractivity contribution in [2.75, 3.05) is 24.5 Å². The third kappa shape index (κ3) is 3.09. The molecule has 0 spiro atoms. The van der Waals surface area contributed by atoms with Crippen LogP contribution in [0.5, 0.6) is 0 Å². The van der Waals surface area contributed by atoms with Gasteiger partial charge in [0, 0.05) is 24.3 Å². The van der Waals surface area contributed by atoms with Gasteiger partial charge in [0.15, 0.2) is 0 Å². The molecular formula is C13H13F3N2O2. The number of amides is 1. The molecule has 0 unspecified atom stereocenters. The fraction of sp³-hybridized carbons (Fsp3) is 0.385. The predicted octanol–water partition coefficient (Wildman–Crippen LogP) is 1.84. The van der Waals surface area contributed by atoms with Gasteiger partial charge in [-0.1, -0.05) is 0 Å². The van der Waals surface area contributed by atoms with Crippen LogP contribution in [0.15, 0.2) is 18.2 Å². The Kier molecular flexibility index (Phi) is 3.96. The van der Waals surface area contributed by atoms with Crippen LogP contribution in [0.1, 0.15) is 22.3 Å². The van der Waals surface area contributed by atoms with E-state index in [9.17, 15) is 22.8 Å². The lowest BCUT2D eigenvalue weighted by molar-refractivity contribution is -0.137. The summed E-state index contributed by atoms with van der Waals surface area (Å²) >= 11 is 0. The van der Waals surface area contributed by atoms with Gasteiger partial charge in [0.05, 0.1) is 12.1 Å². The predicted molar refractivity (Wildman–Crippen MR) is 66.7 cm³/mol. The standard InChI is InChI=1S/C13H13F3N2O2/c14-13(15,16)10-6-9(8-19)2-3-11(10)18-5-1-4-17-12(20)7-18/h2-3,6,8H,1,4-5,7H2,(H,17,20). The van der Waals surface area contributed by atoms with Crippen molar-refractivity contribution >= 4 is 17.9 Å². The number of nitrogens with one attached hydrogen (secondary N) is 1. The SMILES string of the molecule is O=Cc1ccc(N2CCCNC(=O)C2)c(C(F)(F)F)c1. The van der Waals surface area contributed by atoms with Crippen LogP contribution in [0.3, 0.4) is 0 Å². The van der Waals surface area contributed by atoms with Gasteiger partial charge in [-0.2, -0.15) is 13.2 Å². The van der Waals surface area contributed by atoms with Crippen LogP contribution in [0.4, 0.5) is 18.9 Å². The Bertz CT molecular complexity index is 529. The molecule has 1 aliphatic heterocycles. The molecule has 1 heterocycles. The molecule has 0 aliphatic carbocycles. The highest BCUT2D eigenvalue weighted by Gasteiger charge is 2.35. The molecular weight excluding hydrogens is 273 g/mol.